The van der Waals surface area contributed by atoms with Crippen LogP contribution in [0.5, 0.6) is 5.75 Å². The number of ether oxygens (including phenoxy) is 1. The number of likely N-dealkylation sites (N-methyl/N-ethyl adjacent to an activating group) is 1. The first kappa shape index (κ1) is 13.5. The third kappa shape index (κ3) is 4.12. The zero-order valence-electron chi connectivity index (χ0n) is 10.0. The fourth-order valence-corrected chi connectivity index (χ4v) is 2.26. The lowest BCUT2D eigenvalue weighted by Gasteiger charge is -2.19. The Morgan fingerprint density at radius 2 is 2.19 bits per heavy atom. The summed E-state index contributed by atoms with van der Waals surface area (Å²) in [5, 5.41) is 0. The summed E-state index contributed by atoms with van der Waals surface area (Å²) in [6.07, 6.45) is 0. The highest BCUT2D eigenvalue weighted by atomic mass is 79.9. The number of hydrogen-bond acceptors (Lipinski definition) is 3. The zero-order valence-corrected chi connectivity index (χ0v) is 11.6. The average Bonchev–Trinajstić information content (AvgIpc) is 2.16. The molecule has 0 amide bonds. The van der Waals surface area contributed by atoms with Crippen LogP contribution >= 0.6 is 15.9 Å². The topological polar surface area (TPSA) is 38.5 Å². The van der Waals surface area contributed by atoms with Gasteiger partial charge in [-0.2, -0.15) is 0 Å². The molecule has 1 aromatic carbocycles. The first-order valence-corrected chi connectivity index (χ1v) is 6.08. The molecule has 0 heterocycles. The Labute approximate surface area is 106 Å². The Morgan fingerprint density at radius 3 is 2.69 bits per heavy atom. The molecule has 0 radical (unpaired) electrons. The van der Waals surface area contributed by atoms with Crippen molar-refractivity contribution in [3.05, 3.63) is 28.2 Å². The molecule has 0 bridgehead atoms. The van der Waals surface area contributed by atoms with E-state index in [9.17, 15) is 0 Å². The van der Waals surface area contributed by atoms with Crippen LogP contribution in [0, 0.1) is 0 Å². The molecule has 0 aliphatic rings. The number of nitrogens with two attached hydrogens (primary N) is 1. The minimum absolute atomic E-state index is 0.201. The molecule has 1 atom stereocenters. The minimum atomic E-state index is 0.201. The van der Waals surface area contributed by atoms with E-state index >= 15 is 0 Å². The highest BCUT2D eigenvalue weighted by Crippen LogP contribution is 2.25. The Hall–Kier alpha value is -0.580. The van der Waals surface area contributed by atoms with Crippen LogP contribution in [0.2, 0.25) is 0 Å². The molecule has 1 unspecified atom stereocenters. The molecule has 0 aliphatic heterocycles. The molecular weight excluding hydrogens is 268 g/mol. The molecule has 0 saturated heterocycles. The molecule has 16 heavy (non-hydrogen) atoms. The second-order valence-electron chi connectivity index (χ2n) is 4.14. The molecule has 0 fully saturated rings. The van der Waals surface area contributed by atoms with Gasteiger partial charge in [-0.05, 0) is 47.6 Å². The van der Waals surface area contributed by atoms with Gasteiger partial charge in [0, 0.05) is 19.1 Å². The third-order valence-corrected chi connectivity index (χ3v) is 2.89. The van der Waals surface area contributed by atoms with Gasteiger partial charge in [0.1, 0.15) is 5.75 Å². The maximum Gasteiger partial charge on any atom is 0.133 e. The van der Waals surface area contributed by atoms with Crippen LogP contribution in [0.15, 0.2) is 22.7 Å². The standard InChI is InChI=1S/C12H19BrN2O/c1-9(14)7-15(2)8-10-4-5-12(16-3)11(13)6-10/h4-6,9H,7-8,14H2,1-3H3. The van der Waals surface area contributed by atoms with Crippen molar-refractivity contribution in [1.82, 2.24) is 4.90 Å². The smallest absolute Gasteiger partial charge is 0.133 e. The molecule has 1 aromatic rings. The van der Waals surface area contributed by atoms with E-state index in [1.807, 2.05) is 13.0 Å². The number of hydrogen-bond donors (Lipinski definition) is 1. The molecule has 4 heteroatoms. The van der Waals surface area contributed by atoms with E-state index in [1.165, 1.54) is 5.56 Å². The van der Waals surface area contributed by atoms with Crippen molar-refractivity contribution < 1.29 is 4.74 Å². The minimum Gasteiger partial charge on any atom is -0.496 e. The molecule has 1 rings (SSSR count). The monoisotopic (exact) mass is 286 g/mol. The van der Waals surface area contributed by atoms with Gasteiger partial charge in [0.25, 0.3) is 0 Å². The van der Waals surface area contributed by atoms with Crippen LogP contribution < -0.4 is 10.5 Å². The van der Waals surface area contributed by atoms with E-state index in [0.717, 1.165) is 23.3 Å². The Morgan fingerprint density at radius 1 is 1.50 bits per heavy atom. The first-order valence-electron chi connectivity index (χ1n) is 5.29. The zero-order chi connectivity index (χ0) is 12.1. The summed E-state index contributed by atoms with van der Waals surface area (Å²) in [5.74, 6) is 0.860. The summed E-state index contributed by atoms with van der Waals surface area (Å²) in [6.45, 7) is 3.80. The number of benzene rings is 1. The summed E-state index contributed by atoms with van der Waals surface area (Å²) < 4.78 is 6.18. The quantitative estimate of drug-likeness (QED) is 0.902. The SMILES string of the molecule is COc1ccc(CN(C)CC(C)N)cc1Br. The van der Waals surface area contributed by atoms with Crippen molar-refractivity contribution in [2.24, 2.45) is 5.73 Å². The fraction of sp³-hybridized carbons (Fsp3) is 0.500. The fourth-order valence-electron chi connectivity index (χ4n) is 1.68. The van der Waals surface area contributed by atoms with E-state index in [4.69, 9.17) is 10.5 Å². The lowest BCUT2D eigenvalue weighted by Crippen LogP contribution is -2.32. The number of nitrogens with zero attached hydrogens (tertiary/aromatic N) is 1. The van der Waals surface area contributed by atoms with Crippen LogP contribution in [-0.2, 0) is 6.54 Å². The maximum absolute atomic E-state index is 5.75. The second kappa shape index (κ2) is 6.23. The maximum atomic E-state index is 5.75. The van der Waals surface area contributed by atoms with Crippen molar-refractivity contribution in [3.8, 4) is 5.75 Å². The number of methoxy groups -OCH3 is 1. The molecule has 3 nitrogen and oxygen atoms in total. The predicted octanol–water partition coefficient (Wildman–Crippen LogP) is 2.24. The van der Waals surface area contributed by atoms with Crippen LogP contribution in [0.3, 0.4) is 0 Å². The predicted molar refractivity (Wildman–Crippen MR) is 70.7 cm³/mol. The van der Waals surface area contributed by atoms with Crippen LogP contribution in [-0.4, -0.2) is 31.6 Å². The van der Waals surface area contributed by atoms with E-state index in [-0.39, 0.29) is 6.04 Å². The summed E-state index contributed by atoms with van der Waals surface area (Å²) in [6, 6.07) is 6.32. The van der Waals surface area contributed by atoms with Crippen molar-refractivity contribution in [1.29, 1.82) is 0 Å². The van der Waals surface area contributed by atoms with E-state index < -0.39 is 0 Å². The summed E-state index contributed by atoms with van der Waals surface area (Å²) in [5.41, 5.74) is 7.00. The summed E-state index contributed by atoms with van der Waals surface area (Å²) in [7, 11) is 3.74. The van der Waals surface area contributed by atoms with Crippen LogP contribution in [0.1, 0.15) is 12.5 Å². The van der Waals surface area contributed by atoms with E-state index in [2.05, 4.69) is 40.0 Å². The molecule has 90 valence electrons. The summed E-state index contributed by atoms with van der Waals surface area (Å²) in [4.78, 5) is 2.21. The number of halogens is 1. The van der Waals surface area contributed by atoms with Crippen molar-refractivity contribution in [3.63, 3.8) is 0 Å². The van der Waals surface area contributed by atoms with Gasteiger partial charge in [-0.15, -0.1) is 0 Å². The molecule has 0 saturated carbocycles. The molecule has 0 aromatic heterocycles. The highest BCUT2D eigenvalue weighted by molar-refractivity contribution is 9.10. The van der Waals surface area contributed by atoms with E-state index in [1.54, 1.807) is 7.11 Å². The van der Waals surface area contributed by atoms with Gasteiger partial charge < -0.3 is 15.4 Å². The lowest BCUT2D eigenvalue weighted by atomic mass is 10.2. The molecule has 0 aliphatic carbocycles. The number of rotatable bonds is 5. The highest BCUT2D eigenvalue weighted by Gasteiger charge is 2.05. The Balaban J connectivity index is 2.64. The Kier molecular flexibility index (Phi) is 5.25. The molecule has 0 spiro atoms. The van der Waals surface area contributed by atoms with Gasteiger partial charge in [0.2, 0.25) is 0 Å². The molecule has 2 N–H and O–H groups in total. The van der Waals surface area contributed by atoms with Crippen molar-refractivity contribution in [2.75, 3.05) is 20.7 Å². The van der Waals surface area contributed by atoms with Crippen LogP contribution in [0.25, 0.3) is 0 Å². The van der Waals surface area contributed by atoms with Crippen molar-refractivity contribution in [2.45, 2.75) is 19.5 Å². The van der Waals surface area contributed by atoms with Gasteiger partial charge in [0.05, 0.1) is 11.6 Å². The van der Waals surface area contributed by atoms with Gasteiger partial charge in [0.15, 0.2) is 0 Å². The van der Waals surface area contributed by atoms with E-state index in [0.29, 0.717) is 0 Å². The largest absolute Gasteiger partial charge is 0.496 e. The normalized spacial score (nSPS) is 12.9. The van der Waals surface area contributed by atoms with Crippen molar-refractivity contribution >= 4 is 15.9 Å². The van der Waals surface area contributed by atoms with Gasteiger partial charge >= 0.3 is 0 Å². The first-order chi connectivity index (χ1) is 7.52. The van der Waals surface area contributed by atoms with Gasteiger partial charge in [-0.25, -0.2) is 0 Å². The molecular formula is C12H19BrN2O. The summed E-state index contributed by atoms with van der Waals surface area (Å²) >= 11 is 3.48. The third-order valence-electron chi connectivity index (χ3n) is 2.27. The van der Waals surface area contributed by atoms with Crippen LogP contribution in [0.4, 0.5) is 0 Å². The lowest BCUT2D eigenvalue weighted by molar-refractivity contribution is 0.309. The average molecular weight is 287 g/mol. The Bertz CT molecular complexity index is 342. The van der Waals surface area contributed by atoms with Gasteiger partial charge in [-0.1, -0.05) is 6.07 Å². The second-order valence-corrected chi connectivity index (χ2v) is 5.00. The van der Waals surface area contributed by atoms with Gasteiger partial charge in [-0.3, -0.25) is 0 Å².